The number of halogens is 1. The minimum atomic E-state index is -0.296. The van der Waals surface area contributed by atoms with E-state index in [1.54, 1.807) is 6.20 Å². The van der Waals surface area contributed by atoms with Crippen LogP contribution in [0, 0.1) is 0 Å². The minimum absolute atomic E-state index is 0.296. The number of piperidine rings is 1. The van der Waals surface area contributed by atoms with E-state index in [-0.39, 0.29) is 6.10 Å². The van der Waals surface area contributed by atoms with E-state index in [9.17, 15) is 5.11 Å². The summed E-state index contributed by atoms with van der Waals surface area (Å²) in [5.74, 6) is 1.66. The van der Waals surface area contributed by atoms with Crippen molar-refractivity contribution in [2.45, 2.75) is 18.9 Å². The van der Waals surface area contributed by atoms with Gasteiger partial charge in [-0.1, -0.05) is 23.7 Å². The van der Waals surface area contributed by atoms with Gasteiger partial charge in [0.05, 0.1) is 22.2 Å². The van der Waals surface area contributed by atoms with Gasteiger partial charge in [-0.2, -0.15) is 0 Å². The summed E-state index contributed by atoms with van der Waals surface area (Å²) in [6.45, 7) is 1.50. The van der Waals surface area contributed by atoms with Gasteiger partial charge >= 0.3 is 0 Å². The van der Waals surface area contributed by atoms with Crippen LogP contribution in [0.3, 0.4) is 0 Å². The second-order valence-corrected chi connectivity index (χ2v) is 6.65. The highest BCUT2D eigenvalue weighted by atomic mass is 35.5. The Labute approximate surface area is 145 Å². The molecule has 0 amide bonds. The quantitative estimate of drug-likeness (QED) is 0.776. The number of pyridine rings is 1. The predicted molar refractivity (Wildman–Crippen MR) is 96.4 cm³/mol. The summed E-state index contributed by atoms with van der Waals surface area (Å²) >= 11 is 6.41. The second-order valence-electron chi connectivity index (χ2n) is 6.25. The largest absolute Gasteiger partial charge is 0.391 e. The van der Waals surface area contributed by atoms with Crippen LogP contribution in [0.2, 0.25) is 5.02 Å². The number of anilines is 1. The molecule has 1 aliphatic rings. The zero-order chi connectivity index (χ0) is 16.7. The summed E-state index contributed by atoms with van der Waals surface area (Å²) < 4.78 is 2.05. The molecular formula is C18H19ClN4O. The Hall–Kier alpha value is -2.11. The fourth-order valence-electron chi connectivity index (χ4n) is 3.32. The van der Waals surface area contributed by atoms with Gasteiger partial charge in [0.1, 0.15) is 11.6 Å². The van der Waals surface area contributed by atoms with Crippen LogP contribution in [0.15, 0.2) is 36.5 Å². The van der Waals surface area contributed by atoms with Crippen molar-refractivity contribution in [3.8, 4) is 11.4 Å². The molecule has 1 fully saturated rings. The summed E-state index contributed by atoms with van der Waals surface area (Å²) in [6, 6.07) is 10.00. The number of para-hydroxylation sites is 2. The number of aromatic nitrogens is 3. The lowest BCUT2D eigenvalue weighted by Gasteiger charge is -2.31. The number of nitrogens with zero attached hydrogens (tertiary/aromatic N) is 4. The van der Waals surface area contributed by atoms with Crippen molar-refractivity contribution in [3.05, 3.63) is 41.6 Å². The van der Waals surface area contributed by atoms with Crippen LogP contribution in [0.4, 0.5) is 5.82 Å². The average Bonchev–Trinajstić information content (AvgIpc) is 2.92. The number of rotatable bonds is 2. The van der Waals surface area contributed by atoms with Crippen LogP contribution in [-0.2, 0) is 7.05 Å². The van der Waals surface area contributed by atoms with Crippen molar-refractivity contribution in [1.29, 1.82) is 0 Å². The number of aliphatic hydroxyl groups is 1. The van der Waals surface area contributed by atoms with Crippen molar-refractivity contribution in [1.82, 2.24) is 14.5 Å². The summed E-state index contributed by atoms with van der Waals surface area (Å²) in [7, 11) is 1.99. The number of fused-ring (bicyclic) bond motifs is 1. The Morgan fingerprint density at radius 2 is 2.12 bits per heavy atom. The Kier molecular flexibility index (Phi) is 3.90. The molecule has 6 heteroatoms. The van der Waals surface area contributed by atoms with Crippen LogP contribution < -0.4 is 4.90 Å². The zero-order valence-corrected chi connectivity index (χ0v) is 14.2. The predicted octanol–water partition coefficient (Wildman–Crippen LogP) is 3.25. The minimum Gasteiger partial charge on any atom is -0.391 e. The molecule has 1 saturated heterocycles. The highest BCUT2D eigenvalue weighted by Gasteiger charge is 2.21. The summed E-state index contributed by atoms with van der Waals surface area (Å²) in [6.07, 6.45) is 3.19. The van der Waals surface area contributed by atoms with E-state index in [0.717, 1.165) is 47.6 Å². The number of benzene rings is 1. The van der Waals surface area contributed by atoms with E-state index in [0.29, 0.717) is 11.6 Å². The molecule has 3 heterocycles. The van der Waals surface area contributed by atoms with Crippen LogP contribution in [0.5, 0.6) is 0 Å². The Balaban J connectivity index is 1.79. The van der Waals surface area contributed by atoms with Crippen molar-refractivity contribution < 1.29 is 5.11 Å². The number of imidazole rings is 1. The van der Waals surface area contributed by atoms with Gasteiger partial charge in [0, 0.05) is 31.9 Å². The van der Waals surface area contributed by atoms with Crippen molar-refractivity contribution in [2.24, 2.45) is 7.05 Å². The molecule has 0 bridgehead atoms. The number of aliphatic hydroxyl groups excluding tert-OH is 1. The first kappa shape index (κ1) is 15.4. The topological polar surface area (TPSA) is 54.2 Å². The summed E-state index contributed by atoms with van der Waals surface area (Å²) in [4.78, 5) is 11.3. The van der Waals surface area contributed by atoms with Crippen molar-refractivity contribution >= 4 is 28.5 Å². The average molecular weight is 343 g/mol. The molecular weight excluding hydrogens is 324 g/mol. The van der Waals surface area contributed by atoms with Crippen molar-refractivity contribution in [2.75, 3.05) is 18.0 Å². The normalized spacial score (nSPS) is 18.3. The SMILES string of the molecule is Cn1c(-c2cc(N3CCCC(O)C3)ncc2Cl)nc2ccccc21. The monoisotopic (exact) mass is 342 g/mol. The first-order chi connectivity index (χ1) is 11.6. The van der Waals surface area contributed by atoms with Gasteiger partial charge in [-0.25, -0.2) is 9.97 Å². The van der Waals surface area contributed by atoms with E-state index < -0.39 is 0 Å². The maximum atomic E-state index is 9.91. The maximum absolute atomic E-state index is 9.91. The molecule has 4 rings (SSSR count). The first-order valence-electron chi connectivity index (χ1n) is 8.14. The molecule has 0 spiro atoms. The van der Waals surface area contributed by atoms with Crippen LogP contribution in [0.1, 0.15) is 12.8 Å². The molecule has 2 aromatic heterocycles. The van der Waals surface area contributed by atoms with Crippen LogP contribution in [0.25, 0.3) is 22.4 Å². The second kappa shape index (κ2) is 6.07. The molecule has 5 nitrogen and oxygen atoms in total. The molecule has 3 aromatic rings. The summed E-state index contributed by atoms with van der Waals surface area (Å²) in [5, 5.41) is 10.5. The number of hydrogen-bond donors (Lipinski definition) is 1. The fraction of sp³-hybridized carbons (Fsp3) is 0.333. The smallest absolute Gasteiger partial charge is 0.142 e. The van der Waals surface area contributed by atoms with Gasteiger partial charge in [0.2, 0.25) is 0 Å². The molecule has 0 radical (unpaired) electrons. The van der Waals surface area contributed by atoms with E-state index in [1.165, 1.54) is 0 Å². The Morgan fingerprint density at radius 3 is 2.92 bits per heavy atom. The van der Waals surface area contributed by atoms with Crippen LogP contribution >= 0.6 is 11.6 Å². The van der Waals surface area contributed by atoms with Gasteiger partial charge in [-0.15, -0.1) is 0 Å². The molecule has 0 aliphatic carbocycles. The van der Waals surface area contributed by atoms with Crippen molar-refractivity contribution in [3.63, 3.8) is 0 Å². The zero-order valence-electron chi connectivity index (χ0n) is 13.5. The molecule has 1 aliphatic heterocycles. The van der Waals surface area contributed by atoms with E-state index in [1.807, 2.05) is 41.9 Å². The Morgan fingerprint density at radius 1 is 1.29 bits per heavy atom. The molecule has 24 heavy (non-hydrogen) atoms. The molecule has 1 atom stereocenters. The lowest BCUT2D eigenvalue weighted by molar-refractivity contribution is 0.154. The third-order valence-corrected chi connectivity index (χ3v) is 4.89. The molecule has 124 valence electrons. The summed E-state index contributed by atoms with van der Waals surface area (Å²) in [5.41, 5.74) is 2.87. The van der Waals surface area contributed by atoms with Gasteiger partial charge in [-0.05, 0) is 31.0 Å². The molecule has 1 unspecified atom stereocenters. The fourth-order valence-corrected chi connectivity index (χ4v) is 3.51. The van der Waals surface area contributed by atoms with E-state index in [4.69, 9.17) is 16.6 Å². The van der Waals surface area contributed by atoms with Gasteiger partial charge < -0.3 is 14.6 Å². The number of β-amino-alcohol motifs (C(OH)–C–C–N with tert-alkyl or cyclic N) is 1. The van der Waals surface area contributed by atoms with E-state index >= 15 is 0 Å². The molecule has 1 N–H and O–H groups in total. The third-order valence-electron chi connectivity index (χ3n) is 4.59. The maximum Gasteiger partial charge on any atom is 0.142 e. The van der Waals surface area contributed by atoms with Crippen LogP contribution in [-0.4, -0.2) is 38.8 Å². The molecule has 0 saturated carbocycles. The highest BCUT2D eigenvalue weighted by molar-refractivity contribution is 6.33. The number of aryl methyl sites for hydroxylation is 1. The van der Waals surface area contributed by atoms with Gasteiger partial charge in [0.25, 0.3) is 0 Å². The third kappa shape index (κ3) is 2.64. The lowest BCUT2D eigenvalue weighted by Crippen LogP contribution is -2.38. The first-order valence-corrected chi connectivity index (χ1v) is 8.51. The Bertz CT molecular complexity index is 892. The highest BCUT2D eigenvalue weighted by Crippen LogP contribution is 2.32. The van der Waals surface area contributed by atoms with Gasteiger partial charge in [0.15, 0.2) is 0 Å². The van der Waals surface area contributed by atoms with Gasteiger partial charge in [-0.3, -0.25) is 0 Å². The van der Waals surface area contributed by atoms with E-state index in [2.05, 4.69) is 9.88 Å². The lowest BCUT2D eigenvalue weighted by atomic mass is 10.1. The molecule has 1 aromatic carbocycles. The number of hydrogen-bond acceptors (Lipinski definition) is 4. The standard InChI is InChI=1S/C18H19ClN4O/c1-22-16-7-3-2-6-15(16)21-18(22)13-9-17(20-10-14(13)19)23-8-4-5-12(24)11-23/h2-3,6-7,9-10,12,24H,4-5,8,11H2,1H3.